The fraction of sp³-hybridized carbons (Fsp3) is 0.636. The highest BCUT2D eigenvalue weighted by Crippen LogP contribution is 2.40. The number of ketones is 1. The maximum atomic E-state index is 12.1. The Balaban J connectivity index is 2.46. The van der Waals surface area contributed by atoms with Crippen LogP contribution in [0.15, 0.2) is 11.3 Å². The van der Waals surface area contributed by atoms with Gasteiger partial charge in [-0.2, -0.15) is 0 Å². The molecule has 0 aromatic carbocycles. The van der Waals surface area contributed by atoms with Crippen molar-refractivity contribution in [2.24, 2.45) is 11.1 Å². The van der Waals surface area contributed by atoms with Crippen LogP contribution < -0.4 is 16.6 Å². The van der Waals surface area contributed by atoms with Crippen LogP contribution in [-0.2, 0) is 9.59 Å². The zero-order valence-electron chi connectivity index (χ0n) is 9.81. The van der Waals surface area contributed by atoms with Crippen LogP contribution >= 0.6 is 0 Å². The van der Waals surface area contributed by atoms with Crippen LogP contribution in [0.1, 0.15) is 33.6 Å². The fourth-order valence-corrected chi connectivity index (χ4v) is 2.46. The number of hydrogen-bond acceptors (Lipinski definition) is 4. The van der Waals surface area contributed by atoms with Gasteiger partial charge in [-0.05, 0) is 18.8 Å². The minimum atomic E-state index is -1.07. The number of primary amides is 1. The Hall–Kier alpha value is -1.36. The van der Waals surface area contributed by atoms with Gasteiger partial charge in [0, 0.05) is 17.7 Å². The van der Waals surface area contributed by atoms with Crippen molar-refractivity contribution < 1.29 is 9.59 Å². The number of hydrogen-bond donors (Lipinski definition) is 3. The highest BCUT2D eigenvalue weighted by atomic mass is 16.2. The molecule has 16 heavy (non-hydrogen) atoms. The van der Waals surface area contributed by atoms with Crippen LogP contribution in [0.4, 0.5) is 0 Å². The lowest BCUT2D eigenvalue weighted by Gasteiger charge is -2.31. The summed E-state index contributed by atoms with van der Waals surface area (Å²) in [6, 6.07) is 0. The standard InChI is InChI=1S/C11H17N3O2/c1-10(2)4-6-8(7(15)5-10)11(3,9(12)16)14-13-6/h13-14H,4-5H2,1-3H3,(H2,12,16). The molecule has 0 fully saturated rings. The first-order valence-corrected chi connectivity index (χ1v) is 5.36. The molecule has 88 valence electrons. The van der Waals surface area contributed by atoms with E-state index in [-0.39, 0.29) is 11.2 Å². The lowest BCUT2D eigenvalue weighted by Crippen LogP contribution is -2.55. The summed E-state index contributed by atoms with van der Waals surface area (Å²) in [5.41, 5.74) is 11.3. The van der Waals surface area contributed by atoms with Gasteiger partial charge in [0.2, 0.25) is 5.91 Å². The SMILES string of the molecule is CC1(C)CC(=O)C2=C(C1)NNC2(C)C(N)=O. The molecule has 1 unspecified atom stereocenters. The number of amides is 1. The first kappa shape index (κ1) is 11.1. The number of hydrazine groups is 1. The van der Waals surface area contributed by atoms with Gasteiger partial charge < -0.3 is 11.2 Å². The number of nitrogens with one attached hydrogen (secondary N) is 2. The number of allylic oxidation sites excluding steroid dienone is 1. The predicted octanol–water partition coefficient (Wildman–Crippen LogP) is -0.0186. The van der Waals surface area contributed by atoms with E-state index in [2.05, 4.69) is 10.9 Å². The van der Waals surface area contributed by atoms with Gasteiger partial charge in [-0.15, -0.1) is 0 Å². The fourth-order valence-electron chi connectivity index (χ4n) is 2.46. The summed E-state index contributed by atoms with van der Waals surface area (Å²) in [6.07, 6.45) is 1.21. The molecule has 1 aliphatic heterocycles. The van der Waals surface area contributed by atoms with E-state index in [9.17, 15) is 9.59 Å². The molecule has 0 saturated heterocycles. The van der Waals surface area contributed by atoms with E-state index < -0.39 is 11.4 Å². The number of rotatable bonds is 1. The third kappa shape index (κ3) is 1.43. The Morgan fingerprint density at radius 3 is 2.50 bits per heavy atom. The van der Waals surface area contributed by atoms with E-state index in [1.165, 1.54) is 0 Å². The summed E-state index contributed by atoms with van der Waals surface area (Å²) in [5.74, 6) is -0.525. The monoisotopic (exact) mass is 223 g/mol. The zero-order valence-corrected chi connectivity index (χ0v) is 9.81. The van der Waals surface area contributed by atoms with Crippen molar-refractivity contribution in [3.05, 3.63) is 11.3 Å². The third-order valence-electron chi connectivity index (χ3n) is 3.33. The molecule has 0 bridgehead atoms. The van der Waals surface area contributed by atoms with Crippen LogP contribution in [0.3, 0.4) is 0 Å². The Morgan fingerprint density at radius 2 is 1.94 bits per heavy atom. The van der Waals surface area contributed by atoms with E-state index in [4.69, 9.17) is 5.73 Å². The second kappa shape index (κ2) is 3.07. The maximum absolute atomic E-state index is 12.1. The second-order valence-corrected chi connectivity index (χ2v) is 5.53. The summed E-state index contributed by atoms with van der Waals surface area (Å²) < 4.78 is 0. The molecule has 1 heterocycles. The van der Waals surface area contributed by atoms with Crippen molar-refractivity contribution in [3.63, 3.8) is 0 Å². The van der Waals surface area contributed by atoms with E-state index in [1.807, 2.05) is 13.8 Å². The van der Waals surface area contributed by atoms with E-state index in [0.29, 0.717) is 12.0 Å². The topological polar surface area (TPSA) is 84.2 Å². The van der Waals surface area contributed by atoms with Gasteiger partial charge in [0.25, 0.3) is 0 Å². The number of nitrogens with two attached hydrogens (primary N) is 1. The average Bonchev–Trinajstić information content (AvgIpc) is 2.42. The number of carbonyl (C=O) groups excluding carboxylic acids is 2. The third-order valence-corrected chi connectivity index (χ3v) is 3.33. The molecule has 0 saturated carbocycles. The summed E-state index contributed by atoms with van der Waals surface area (Å²) in [6.45, 7) is 5.72. The van der Waals surface area contributed by atoms with Crippen LogP contribution in [-0.4, -0.2) is 17.2 Å². The molecule has 0 spiro atoms. The quantitative estimate of drug-likeness (QED) is 0.583. The van der Waals surface area contributed by atoms with Gasteiger partial charge >= 0.3 is 0 Å². The normalized spacial score (nSPS) is 32.3. The average molecular weight is 223 g/mol. The van der Waals surface area contributed by atoms with Crippen molar-refractivity contribution in [1.29, 1.82) is 0 Å². The maximum Gasteiger partial charge on any atom is 0.243 e. The van der Waals surface area contributed by atoms with Crippen LogP contribution in [0.25, 0.3) is 0 Å². The molecule has 0 aromatic rings. The minimum absolute atomic E-state index is 0.00468. The molecule has 5 nitrogen and oxygen atoms in total. The molecule has 1 aliphatic carbocycles. The molecule has 0 radical (unpaired) electrons. The molecule has 2 aliphatic rings. The van der Waals surface area contributed by atoms with Crippen molar-refractivity contribution in [2.75, 3.05) is 0 Å². The Labute approximate surface area is 94.4 Å². The lowest BCUT2D eigenvalue weighted by atomic mass is 9.72. The van der Waals surface area contributed by atoms with Crippen molar-refractivity contribution in [1.82, 2.24) is 10.9 Å². The number of Topliss-reactive ketones (excluding diaryl/α,β-unsaturated/α-hetero) is 1. The van der Waals surface area contributed by atoms with E-state index >= 15 is 0 Å². The smallest absolute Gasteiger partial charge is 0.243 e. The second-order valence-electron chi connectivity index (χ2n) is 5.53. The molecule has 4 N–H and O–H groups in total. The molecular formula is C11H17N3O2. The van der Waals surface area contributed by atoms with Gasteiger partial charge in [0.15, 0.2) is 5.78 Å². The van der Waals surface area contributed by atoms with Crippen molar-refractivity contribution >= 4 is 11.7 Å². The minimum Gasteiger partial charge on any atom is -0.368 e. The molecule has 2 rings (SSSR count). The lowest BCUT2D eigenvalue weighted by molar-refractivity contribution is -0.125. The summed E-state index contributed by atoms with van der Waals surface area (Å²) >= 11 is 0. The summed E-state index contributed by atoms with van der Waals surface area (Å²) in [7, 11) is 0. The Morgan fingerprint density at radius 1 is 1.31 bits per heavy atom. The van der Waals surface area contributed by atoms with Gasteiger partial charge in [-0.25, -0.2) is 5.43 Å². The highest BCUT2D eigenvalue weighted by molar-refractivity contribution is 6.07. The Bertz CT molecular complexity index is 411. The van der Waals surface area contributed by atoms with Gasteiger partial charge in [-0.1, -0.05) is 13.8 Å². The summed E-state index contributed by atoms with van der Waals surface area (Å²) in [5, 5.41) is 0. The first-order chi connectivity index (χ1) is 7.26. The van der Waals surface area contributed by atoms with Crippen LogP contribution in [0.2, 0.25) is 0 Å². The van der Waals surface area contributed by atoms with Crippen LogP contribution in [0, 0.1) is 5.41 Å². The summed E-state index contributed by atoms with van der Waals surface area (Å²) in [4.78, 5) is 23.5. The molecule has 1 amide bonds. The zero-order chi connectivity index (χ0) is 12.1. The molecule has 0 aromatic heterocycles. The first-order valence-electron chi connectivity index (χ1n) is 5.36. The Kier molecular flexibility index (Phi) is 2.14. The molecule has 5 heteroatoms. The number of carbonyl (C=O) groups is 2. The largest absolute Gasteiger partial charge is 0.368 e. The van der Waals surface area contributed by atoms with Crippen LogP contribution in [0.5, 0.6) is 0 Å². The van der Waals surface area contributed by atoms with Crippen molar-refractivity contribution in [2.45, 2.75) is 39.2 Å². The van der Waals surface area contributed by atoms with Gasteiger partial charge in [-0.3, -0.25) is 9.59 Å². The van der Waals surface area contributed by atoms with Gasteiger partial charge in [0.05, 0.1) is 0 Å². The van der Waals surface area contributed by atoms with Crippen molar-refractivity contribution in [3.8, 4) is 0 Å². The molecule has 1 atom stereocenters. The molecular weight excluding hydrogens is 206 g/mol. The van der Waals surface area contributed by atoms with Gasteiger partial charge in [0.1, 0.15) is 5.54 Å². The van der Waals surface area contributed by atoms with E-state index in [1.54, 1.807) is 6.92 Å². The van der Waals surface area contributed by atoms with E-state index in [0.717, 1.165) is 12.1 Å². The predicted molar refractivity (Wildman–Crippen MR) is 58.9 cm³/mol. The highest BCUT2D eigenvalue weighted by Gasteiger charge is 2.49.